The molecule has 254 valence electrons. The first-order valence-corrected chi connectivity index (χ1v) is 19.5. The van der Waals surface area contributed by atoms with Gasteiger partial charge in [-0.05, 0) is 148 Å². The van der Waals surface area contributed by atoms with Gasteiger partial charge in [0.1, 0.15) is 0 Å². The number of rotatable bonds is 9. The van der Waals surface area contributed by atoms with E-state index in [1.807, 2.05) is 0 Å². The lowest BCUT2D eigenvalue weighted by Crippen LogP contribution is -2.42. The monoisotopic (exact) mass is 601 g/mol. The van der Waals surface area contributed by atoms with Gasteiger partial charge in [-0.15, -0.1) is 0 Å². The Kier molecular flexibility index (Phi) is 13.3. The Morgan fingerprint density at radius 3 is 1.44 bits per heavy atom. The molecule has 0 radical (unpaired) electrons. The van der Waals surface area contributed by atoms with Gasteiger partial charge in [0.15, 0.2) is 0 Å². The topological polar surface area (TPSA) is 9.23 Å². The third kappa shape index (κ3) is 9.97. The van der Waals surface area contributed by atoms with E-state index < -0.39 is 0 Å². The SMILES string of the molecule is CC(C)(C)OCCCCCCC1CCC(C(C)(C)C2C3CC(C(C)(C)C)CCC3C3CCC(C(C)(C)C)CC32)C1.CCC. The fraction of sp³-hybridized carbons (Fsp3) is 1.00. The molecule has 0 bridgehead atoms. The van der Waals surface area contributed by atoms with Gasteiger partial charge in [-0.25, -0.2) is 0 Å². The summed E-state index contributed by atoms with van der Waals surface area (Å²) in [6.45, 7) is 32.5. The Balaban J connectivity index is 0.00000162. The van der Waals surface area contributed by atoms with Crippen molar-refractivity contribution in [3.8, 4) is 0 Å². The Bertz CT molecular complexity index is 764. The molecule has 0 aromatic rings. The highest BCUT2D eigenvalue weighted by atomic mass is 16.5. The van der Waals surface area contributed by atoms with E-state index in [0.717, 1.165) is 59.9 Å². The summed E-state index contributed by atoms with van der Waals surface area (Å²) < 4.78 is 5.94. The minimum atomic E-state index is 0.0155. The molecule has 4 aliphatic carbocycles. The lowest BCUT2D eigenvalue weighted by atomic mass is 9.56. The first-order chi connectivity index (χ1) is 19.9. The van der Waals surface area contributed by atoms with Gasteiger partial charge in [-0.3, -0.25) is 0 Å². The normalized spacial score (nSPS) is 35.2. The molecular formula is C42H80O. The van der Waals surface area contributed by atoms with Crippen LogP contribution in [0.25, 0.3) is 0 Å². The van der Waals surface area contributed by atoms with Crippen molar-refractivity contribution in [1.82, 2.24) is 0 Å². The van der Waals surface area contributed by atoms with Gasteiger partial charge in [0, 0.05) is 6.61 Å². The lowest BCUT2D eigenvalue weighted by Gasteiger charge is -2.49. The van der Waals surface area contributed by atoms with Crippen molar-refractivity contribution in [2.75, 3.05) is 6.61 Å². The average molecular weight is 601 g/mol. The lowest BCUT2D eigenvalue weighted by molar-refractivity contribution is -0.00483. The summed E-state index contributed by atoms with van der Waals surface area (Å²) in [6, 6.07) is 0. The molecule has 8 unspecified atom stereocenters. The quantitative estimate of drug-likeness (QED) is 0.239. The molecule has 4 fully saturated rings. The molecule has 4 aliphatic rings. The van der Waals surface area contributed by atoms with Crippen molar-refractivity contribution in [3.05, 3.63) is 0 Å². The number of hydrogen-bond acceptors (Lipinski definition) is 1. The Morgan fingerprint density at radius 1 is 0.512 bits per heavy atom. The zero-order valence-corrected chi connectivity index (χ0v) is 31.9. The molecule has 0 saturated heterocycles. The van der Waals surface area contributed by atoms with E-state index in [2.05, 4.69) is 90.0 Å². The van der Waals surface area contributed by atoms with Crippen LogP contribution in [0.1, 0.15) is 186 Å². The summed E-state index contributed by atoms with van der Waals surface area (Å²) >= 11 is 0. The van der Waals surface area contributed by atoms with Crippen LogP contribution < -0.4 is 0 Å². The van der Waals surface area contributed by atoms with Crippen molar-refractivity contribution in [3.63, 3.8) is 0 Å². The average Bonchev–Trinajstić information content (AvgIpc) is 3.49. The molecule has 0 spiro atoms. The second kappa shape index (κ2) is 15.2. The van der Waals surface area contributed by atoms with Gasteiger partial charge >= 0.3 is 0 Å². The van der Waals surface area contributed by atoms with E-state index in [1.54, 1.807) is 0 Å². The van der Waals surface area contributed by atoms with Crippen molar-refractivity contribution >= 4 is 0 Å². The van der Waals surface area contributed by atoms with E-state index in [1.165, 1.54) is 96.3 Å². The van der Waals surface area contributed by atoms with Crippen LogP contribution in [0, 0.1) is 69.5 Å². The number of fused-ring (bicyclic) bond motifs is 3. The number of hydrogen-bond donors (Lipinski definition) is 0. The minimum Gasteiger partial charge on any atom is -0.376 e. The number of ether oxygens (including phenoxy) is 1. The van der Waals surface area contributed by atoms with Crippen LogP contribution in [-0.4, -0.2) is 12.2 Å². The fourth-order valence-electron chi connectivity index (χ4n) is 10.9. The predicted octanol–water partition coefficient (Wildman–Crippen LogP) is 13.4. The van der Waals surface area contributed by atoms with E-state index in [4.69, 9.17) is 4.74 Å². The molecule has 1 nitrogen and oxygen atoms in total. The molecule has 0 amide bonds. The first-order valence-electron chi connectivity index (χ1n) is 19.5. The maximum atomic E-state index is 5.94. The summed E-state index contributed by atoms with van der Waals surface area (Å²) in [5.41, 5.74) is 1.46. The first kappa shape index (κ1) is 37.4. The summed E-state index contributed by atoms with van der Waals surface area (Å²) in [5.74, 6) is 8.82. The highest BCUT2D eigenvalue weighted by Crippen LogP contribution is 2.67. The zero-order chi connectivity index (χ0) is 32.2. The third-order valence-corrected chi connectivity index (χ3v) is 13.3. The maximum Gasteiger partial charge on any atom is 0.0598 e. The van der Waals surface area contributed by atoms with Crippen molar-refractivity contribution in [2.24, 2.45) is 69.5 Å². The number of unbranched alkanes of at least 4 members (excludes halogenated alkanes) is 3. The summed E-state index contributed by atoms with van der Waals surface area (Å²) in [7, 11) is 0. The maximum absolute atomic E-state index is 5.94. The van der Waals surface area contributed by atoms with Gasteiger partial charge < -0.3 is 4.74 Å². The zero-order valence-electron chi connectivity index (χ0n) is 31.9. The molecule has 8 atom stereocenters. The smallest absolute Gasteiger partial charge is 0.0598 e. The fourth-order valence-corrected chi connectivity index (χ4v) is 10.9. The molecule has 0 N–H and O–H groups in total. The van der Waals surface area contributed by atoms with Crippen molar-refractivity contribution < 1.29 is 4.74 Å². The van der Waals surface area contributed by atoms with E-state index in [9.17, 15) is 0 Å². The van der Waals surface area contributed by atoms with Crippen LogP contribution in [0.15, 0.2) is 0 Å². The van der Waals surface area contributed by atoms with Crippen LogP contribution in [0.4, 0.5) is 0 Å². The second-order valence-corrected chi connectivity index (χ2v) is 20.0. The Hall–Kier alpha value is -0.0400. The molecule has 1 heteroatoms. The Labute approximate surface area is 272 Å². The molecule has 4 saturated carbocycles. The van der Waals surface area contributed by atoms with Crippen LogP contribution >= 0.6 is 0 Å². The summed E-state index contributed by atoms with van der Waals surface area (Å²) in [4.78, 5) is 0. The van der Waals surface area contributed by atoms with E-state index >= 15 is 0 Å². The minimum absolute atomic E-state index is 0.0155. The highest BCUT2D eigenvalue weighted by Gasteiger charge is 2.60. The molecule has 0 aromatic heterocycles. The largest absolute Gasteiger partial charge is 0.376 e. The van der Waals surface area contributed by atoms with Crippen LogP contribution in [0.3, 0.4) is 0 Å². The van der Waals surface area contributed by atoms with Crippen LogP contribution in [-0.2, 0) is 4.74 Å². The molecule has 0 aliphatic heterocycles. The van der Waals surface area contributed by atoms with Gasteiger partial charge in [0.2, 0.25) is 0 Å². The van der Waals surface area contributed by atoms with E-state index in [0.29, 0.717) is 16.2 Å². The molecule has 0 aromatic carbocycles. The molecule has 4 rings (SSSR count). The van der Waals surface area contributed by atoms with Gasteiger partial charge in [-0.2, -0.15) is 0 Å². The standard InChI is InChI=1S/C39H72O.C3H8/c1-36(2,3)28-19-21-31-32-22-20-29(37(4,5)6)26-34(32)35(33(31)25-28)39(10,11)30-18-17-27(24-30)16-14-12-13-15-23-40-38(7,8)9;1-3-2/h27-35H,12-26H2,1-11H3;3H2,1-2H3. The summed E-state index contributed by atoms with van der Waals surface area (Å²) in [6.07, 6.45) is 21.8. The van der Waals surface area contributed by atoms with E-state index in [-0.39, 0.29) is 5.60 Å². The Morgan fingerprint density at radius 2 is 0.977 bits per heavy atom. The summed E-state index contributed by atoms with van der Waals surface area (Å²) in [5, 5.41) is 0. The van der Waals surface area contributed by atoms with Crippen LogP contribution in [0.5, 0.6) is 0 Å². The van der Waals surface area contributed by atoms with Crippen LogP contribution in [0.2, 0.25) is 0 Å². The van der Waals surface area contributed by atoms with Gasteiger partial charge in [0.05, 0.1) is 5.60 Å². The molecule has 43 heavy (non-hydrogen) atoms. The van der Waals surface area contributed by atoms with Crippen molar-refractivity contribution in [1.29, 1.82) is 0 Å². The van der Waals surface area contributed by atoms with Crippen molar-refractivity contribution in [2.45, 2.75) is 192 Å². The highest BCUT2D eigenvalue weighted by molar-refractivity contribution is 5.08. The van der Waals surface area contributed by atoms with Gasteiger partial charge in [0.25, 0.3) is 0 Å². The second-order valence-electron chi connectivity index (χ2n) is 20.0. The van der Waals surface area contributed by atoms with Gasteiger partial charge in [-0.1, -0.05) is 108 Å². The molecule has 0 heterocycles. The third-order valence-electron chi connectivity index (χ3n) is 13.3. The molecular weight excluding hydrogens is 520 g/mol. The predicted molar refractivity (Wildman–Crippen MR) is 190 cm³/mol.